The van der Waals surface area contributed by atoms with Gasteiger partial charge in [0, 0.05) is 18.3 Å². The van der Waals surface area contributed by atoms with Crippen LogP contribution in [0.25, 0.3) is 0 Å². The smallest absolute Gasteiger partial charge is 0.172 e. The molecule has 2 aliphatic rings. The molecule has 2 rings (SSSR count). The number of hydroxylamine groups is 2. The first kappa shape index (κ1) is 19.1. The monoisotopic (exact) mass is 328 g/mol. The maximum Gasteiger partial charge on any atom is 0.172 e. The molecule has 1 unspecified atom stereocenters. The van der Waals surface area contributed by atoms with Crippen LogP contribution in [0.2, 0.25) is 0 Å². The highest BCUT2D eigenvalue weighted by Crippen LogP contribution is 2.51. The first-order chi connectivity index (χ1) is 10.8. The lowest BCUT2D eigenvalue weighted by Crippen LogP contribution is -2.69. The van der Waals surface area contributed by atoms with Gasteiger partial charge in [0.05, 0.1) is 30.9 Å². The van der Waals surface area contributed by atoms with Crippen LogP contribution >= 0.6 is 0 Å². The Bertz CT molecular complexity index is 396. The fourth-order valence-electron chi connectivity index (χ4n) is 4.18. The van der Waals surface area contributed by atoms with E-state index in [1.807, 2.05) is 6.92 Å². The van der Waals surface area contributed by atoms with Gasteiger partial charge in [-0.3, -0.25) is 0 Å². The molecule has 0 saturated carbocycles. The molecule has 0 aromatic carbocycles. The average Bonchev–Trinajstić information content (AvgIpc) is 2.59. The number of ether oxygens (including phenoxy) is 2. The molecule has 2 heterocycles. The minimum absolute atomic E-state index is 0.0744. The summed E-state index contributed by atoms with van der Waals surface area (Å²) in [6.07, 6.45) is 4.37. The van der Waals surface area contributed by atoms with Crippen molar-refractivity contribution in [1.29, 1.82) is 0 Å². The normalized spacial score (nSPS) is 41.3. The molecular weight excluding hydrogens is 294 g/mol. The van der Waals surface area contributed by atoms with Crippen molar-refractivity contribution in [3.8, 4) is 0 Å². The number of aliphatic hydroxyl groups is 1. The third-order valence-electron chi connectivity index (χ3n) is 6.62. The average molecular weight is 328 g/mol. The van der Waals surface area contributed by atoms with Crippen LogP contribution < -0.4 is 0 Å². The highest BCUT2D eigenvalue weighted by Gasteiger charge is 2.60. The highest BCUT2D eigenvalue weighted by atomic mass is 16.7. The number of rotatable bonds is 5. The molecular formula is C18H34NO4. The predicted octanol–water partition coefficient (Wildman–Crippen LogP) is 3.29. The van der Waals surface area contributed by atoms with E-state index >= 15 is 0 Å². The van der Waals surface area contributed by atoms with E-state index in [1.165, 1.54) is 5.06 Å². The lowest BCUT2D eigenvalue weighted by atomic mass is 9.71. The zero-order chi connectivity index (χ0) is 17.4. The molecule has 0 amide bonds. The molecule has 2 fully saturated rings. The summed E-state index contributed by atoms with van der Waals surface area (Å²) in [5, 5.41) is 24.1. The van der Waals surface area contributed by atoms with Crippen molar-refractivity contribution in [2.45, 2.75) is 90.0 Å². The second-order valence-electron chi connectivity index (χ2n) is 7.93. The minimum Gasteiger partial charge on any atom is -0.396 e. The van der Waals surface area contributed by atoms with E-state index in [9.17, 15) is 10.3 Å². The quantitative estimate of drug-likeness (QED) is 0.841. The van der Waals surface area contributed by atoms with E-state index < -0.39 is 16.9 Å². The van der Waals surface area contributed by atoms with Crippen molar-refractivity contribution in [2.24, 2.45) is 5.41 Å². The van der Waals surface area contributed by atoms with Gasteiger partial charge in [-0.15, -0.1) is 10.3 Å². The molecule has 0 aromatic heterocycles. The Kier molecular flexibility index (Phi) is 5.49. The summed E-state index contributed by atoms with van der Waals surface area (Å²) in [5.74, 6) is -0.689. The number of hydrogen-bond donors (Lipinski definition) is 1. The van der Waals surface area contributed by atoms with Crippen molar-refractivity contribution in [2.75, 3.05) is 19.8 Å². The van der Waals surface area contributed by atoms with Gasteiger partial charge in [-0.05, 0) is 32.6 Å². The topological polar surface area (TPSA) is 61.8 Å². The summed E-state index contributed by atoms with van der Waals surface area (Å²) in [4.78, 5) is 0. The Morgan fingerprint density at radius 2 is 1.52 bits per heavy atom. The Hall–Kier alpha value is -0.200. The van der Waals surface area contributed by atoms with Crippen molar-refractivity contribution in [3.63, 3.8) is 0 Å². The highest BCUT2D eigenvalue weighted by molar-refractivity contribution is 5.06. The van der Waals surface area contributed by atoms with Crippen LogP contribution in [0.4, 0.5) is 0 Å². The fourth-order valence-corrected chi connectivity index (χ4v) is 4.18. The van der Waals surface area contributed by atoms with E-state index in [4.69, 9.17) is 9.47 Å². The van der Waals surface area contributed by atoms with Crippen molar-refractivity contribution in [3.05, 3.63) is 0 Å². The SMILES string of the molecule is CCC1(CO)COC2(CC(C)(CC)N([O])C(CC)(CC)C2)OC1. The van der Waals surface area contributed by atoms with Crippen LogP contribution in [-0.4, -0.2) is 46.9 Å². The van der Waals surface area contributed by atoms with E-state index in [0.717, 1.165) is 25.7 Å². The molecule has 1 spiro atoms. The van der Waals surface area contributed by atoms with Crippen molar-refractivity contribution in [1.82, 2.24) is 5.06 Å². The lowest BCUT2D eigenvalue weighted by molar-refractivity contribution is -0.396. The summed E-state index contributed by atoms with van der Waals surface area (Å²) in [6, 6.07) is 0. The summed E-state index contributed by atoms with van der Waals surface area (Å²) in [7, 11) is 0. The zero-order valence-electron chi connectivity index (χ0n) is 15.5. The maximum atomic E-state index is 13.1. The van der Waals surface area contributed by atoms with Crippen LogP contribution in [0.5, 0.6) is 0 Å². The van der Waals surface area contributed by atoms with E-state index in [2.05, 4.69) is 27.7 Å². The summed E-state index contributed by atoms with van der Waals surface area (Å²) >= 11 is 0. The van der Waals surface area contributed by atoms with Gasteiger partial charge in [0.2, 0.25) is 0 Å². The third kappa shape index (κ3) is 3.07. The molecule has 0 aliphatic carbocycles. The van der Waals surface area contributed by atoms with Gasteiger partial charge in [-0.2, -0.15) is 0 Å². The fraction of sp³-hybridized carbons (Fsp3) is 1.00. The third-order valence-corrected chi connectivity index (χ3v) is 6.62. The number of hydrogen-bond acceptors (Lipinski definition) is 4. The number of nitrogens with zero attached hydrogens (tertiary/aromatic N) is 1. The minimum atomic E-state index is -0.689. The maximum absolute atomic E-state index is 13.1. The molecule has 23 heavy (non-hydrogen) atoms. The standard InChI is InChI=1S/C18H34NO4/c1-6-15(5)10-18(11-17(8-3,9-4)19(15)21)22-13-16(7-2,12-20)14-23-18/h20H,6-14H2,1-5H3. The molecule has 0 aromatic rings. The molecule has 1 atom stereocenters. The Morgan fingerprint density at radius 3 is 1.91 bits per heavy atom. The molecule has 5 nitrogen and oxygen atoms in total. The molecule has 135 valence electrons. The zero-order valence-corrected chi connectivity index (χ0v) is 15.5. The van der Waals surface area contributed by atoms with Gasteiger partial charge in [0.15, 0.2) is 5.79 Å². The van der Waals surface area contributed by atoms with Gasteiger partial charge in [-0.1, -0.05) is 27.7 Å². The van der Waals surface area contributed by atoms with Crippen molar-refractivity contribution < 1.29 is 19.8 Å². The summed E-state index contributed by atoms with van der Waals surface area (Å²) in [6.45, 7) is 11.4. The Morgan fingerprint density at radius 1 is 0.957 bits per heavy atom. The first-order valence-corrected chi connectivity index (χ1v) is 9.15. The van der Waals surface area contributed by atoms with Crippen LogP contribution in [-0.2, 0) is 14.7 Å². The van der Waals surface area contributed by atoms with Gasteiger partial charge in [0.1, 0.15) is 0 Å². The van der Waals surface area contributed by atoms with Gasteiger partial charge < -0.3 is 14.6 Å². The Balaban J connectivity index is 2.30. The molecule has 1 N–H and O–H groups in total. The lowest BCUT2D eigenvalue weighted by Gasteiger charge is -2.59. The van der Waals surface area contributed by atoms with E-state index in [0.29, 0.717) is 26.1 Å². The molecule has 1 radical (unpaired) electrons. The second kappa shape index (κ2) is 6.60. The van der Waals surface area contributed by atoms with E-state index in [-0.39, 0.29) is 12.0 Å². The van der Waals surface area contributed by atoms with Gasteiger partial charge in [0.25, 0.3) is 0 Å². The molecule has 0 bridgehead atoms. The van der Waals surface area contributed by atoms with Gasteiger partial charge in [-0.25, -0.2) is 0 Å². The first-order valence-electron chi connectivity index (χ1n) is 9.15. The molecule has 5 heteroatoms. The number of aliphatic hydroxyl groups excluding tert-OH is 1. The molecule has 2 saturated heterocycles. The molecule has 2 aliphatic heterocycles. The largest absolute Gasteiger partial charge is 0.396 e. The second-order valence-corrected chi connectivity index (χ2v) is 7.93. The summed E-state index contributed by atoms with van der Waals surface area (Å²) in [5.41, 5.74) is -1.21. The van der Waals surface area contributed by atoms with Crippen LogP contribution in [0.1, 0.15) is 73.1 Å². The number of piperidine rings is 1. The Labute approximate surface area is 140 Å². The van der Waals surface area contributed by atoms with E-state index in [1.54, 1.807) is 0 Å². The van der Waals surface area contributed by atoms with Crippen LogP contribution in [0.15, 0.2) is 0 Å². The van der Waals surface area contributed by atoms with Gasteiger partial charge >= 0.3 is 0 Å². The van der Waals surface area contributed by atoms with Crippen LogP contribution in [0.3, 0.4) is 0 Å². The predicted molar refractivity (Wildman–Crippen MR) is 88.2 cm³/mol. The van der Waals surface area contributed by atoms with Crippen LogP contribution in [0, 0.1) is 5.41 Å². The van der Waals surface area contributed by atoms with Crippen molar-refractivity contribution >= 4 is 0 Å². The summed E-state index contributed by atoms with van der Waals surface area (Å²) < 4.78 is 12.5.